The first kappa shape index (κ1) is 16.2. The maximum atomic E-state index is 11.4. The number of hydrogen-bond donors (Lipinski definition) is 1. The molecule has 0 aliphatic heterocycles. The van der Waals surface area contributed by atoms with Crippen LogP contribution >= 0.6 is 0 Å². The molecule has 4 nitrogen and oxygen atoms in total. The smallest absolute Gasteiger partial charge is 0.336 e. The van der Waals surface area contributed by atoms with Crippen molar-refractivity contribution >= 4 is 5.97 Å². The van der Waals surface area contributed by atoms with Crippen LogP contribution in [0.25, 0.3) is 0 Å². The van der Waals surface area contributed by atoms with Crippen LogP contribution in [0.15, 0.2) is 48.8 Å². The van der Waals surface area contributed by atoms with Gasteiger partial charge < -0.3 is 5.11 Å². The predicted octanol–water partition coefficient (Wildman–Crippen LogP) is 3.58. The molecule has 0 fully saturated rings. The van der Waals surface area contributed by atoms with Gasteiger partial charge in [0.15, 0.2) is 0 Å². The second-order valence-electron chi connectivity index (χ2n) is 5.48. The number of rotatable bonds is 7. The fraction of sp³-hybridized carbons (Fsp3) is 0.333. The van der Waals surface area contributed by atoms with Crippen LogP contribution < -0.4 is 0 Å². The molecule has 0 spiro atoms. The Labute approximate surface area is 131 Å². The average molecular weight is 298 g/mol. The highest BCUT2D eigenvalue weighted by Gasteiger charge is 2.17. The van der Waals surface area contributed by atoms with Gasteiger partial charge in [-0.3, -0.25) is 9.88 Å². The summed E-state index contributed by atoms with van der Waals surface area (Å²) in [6, 6.07) is 11.6. The monoisotopic (exact) mass is 298 g/mol. The Hall–Kier alpha value is -2.20. The third kappa shape index (κ3) is 4.15. The van der Waals surface area contributed by atoms with Gasteiger partial charge in [0.25, 0.3) is 0 Å². The van der Waals surface area contributed by atoms with Gasteiger partial charge in [0.2, 0.25) is 0 Å². The van der Waals surface area contributed by atoms with E-state index in [1.54, 1.807) is 24.5 Å². The van der Waals surface area contributed by atoms with Crippen molar-refractivity contribution in [3.63, 3.8) is 0 Å². The summed E-state index contributed by atoms with van der Waals surface area (Å²) in [4.78, 5) is 17.7. The highest BCUT2D eigenvalue weighted by Crippen LogP contribution is 2.17. The van der Waals surface area contributed by atoms with Gasteiger partial charge in [-0.05, 0) is 42.7 Å². The summed E-state index contributed by atoms with van der Waals surface area (Å²) >= 11 is 0. The van der Waals surface area contributed by atoms with Crippen molar-refractivity contribution in [3.8, 4) is 0 Å². The maximum Gasteiger partial charge on any atom is 0.336 e. The Bertz CT molecular complexity index is 613. The Morgan fingerprint density at radius 3 is 2.50 bits per heavy atom. The zero-order chi connectivity index (χ0) is 15.9. The lowest BCUT2D eigenvalue weighted by atomic mass is 10.1. The molecular formula is C18H22N2O2. The van der Waals surface area contributed by atoms with Gasteiger partial charge in [0, 0.05) is 31.5 Å². The van der Waals surface area contributed by atoms with E-state index in [0.717, 1.165) is 18.5 Å². The van der Waals surface area contributed by atoms with Crippen LogP contribution in [-0.4, -0.2) is 27.0 Å². The van der Waals surface area contributed by atoms with E-state index >= 15 is 0 Å². The lowest BCUT2D eigenvalue weighted by molar-refractivity contribution is 0.0693. The highest BCUT2D eigenvalue weighted by atomic mass is 16.4. The molecule has 0 aliphatic carbocycles. The van der Waals surface area contributed by atoms with Crippen LogP contribution in [0.5, 0.6) is 0 Å². The van der Waals surface area contributed by atoms with E-state index in [1.807, 2.05) is 24.3 Å². The van der Waals surface area contributed by atoms with Crippen molar-refractivity contribution in [1.29, 1.82) is 0 Å². The van der Waals surface area contributed by atoms with Gasteiger partial charge in [0.05, 0.1) is 5.56 Å². The van der Waals surface area contributed by atoms with E-state index in [1.165, 1.54) is 5.56 Å². The second kappa shape index (κ2) is 7.71. The zero-order valence-corrected chi connectivity index (χ0v) is 13.1. The molecule has 0 amide bonds. The van der Waals surface area contributed by atoms with Gasteiger partial charge in [-0.2, -0.15) is 0 Å². The maximum absolute atomic E-state index is 11.4. The number of carboxylic acid groups (broad SMARTS) is 1. The molecule has 0 radical (unpaired) electrons. The Morgan fingerprint density at radius 2 is 1.86 bits per heavy atom. The first-order valence-electron chi connectivity index (χ1n) is 7.56. The van der Waals surface area contributed by atoms with Crippen LogP contribution in [0.1, 0.15) is 41.8 Å². The number of benzene rings is 1. The summed E-state index contributed by atoms with van der Waals surface area (Å²) in [6.07, 6.45) is 4.59. The van der Waals surface area contributed by atoms with E-state index in [0.29, 0.717) is 18.2 Å². The van der Waals surface area contributed by atoms with Crippen LogP contribution in [0.4, 0.5) is 0 Å². The number of hydrogen-bond acceptors (Lipinski definition) is 3. The summed E-state index contributed by atoms with van der Waals surface area (Å²) in [5.41, 5.74) is 2.41. The van der Waals surface area contributed by atoms with E-state index in [4.69, 9.17) is 0 Å². The summed E-state index contributed by atoms with van der Waals surface area (Å²) in [5, 5.41) is 9.34. The van der Waals surface area contributed by atoms with Crippen molar-refractivity contribution in [2.45, 2.75) is 39.4 Å². The van der Waals surface area contributed by atoms with Crippen LogP contribution in [-0.2, 0) is 13.1 Å². The zero-order valence-electron chi connectivity index (χ0n) is 13.1. The summed E-state index contributed by atoms with van der Waals surface area (Å²) in [6.45, 7) is 5.73. The minimum absolute atomic E-state index is 0.370. The molecule has 0 bridgehead atoms. The van der Waals surface area contributed by atoms with Gasteiger partial charge in [-0.15, -0.1) is 0 Å². The Morgan fingerprint density at radius 1 is 1.18 bits per heavy atom. The van der Waals surface area contributed by atoms with Gasteiger partial charge in [-0.25, -0.2) is 4.79 Å². The lowest BCUT2D eigenvalue weighted by Gasteiger charge is -2.29. The number of carbonyl (C=O) groups is 1. The van der Waals surface area contributed by atoms with E-state index < -0.39 is 5.97 Å². The molecule has 1 N–H and O–H groups in total. The van der Waals surface area contributed by atoms with Gasteiger partial charge >= 0.3 is 5.97 Å². The van der Waals surface area contributed by atoms with Crippen molar-refractivity contribution in [2.75, 3.05) is 0 Å². The molecule has 1 heterocycles. The molecule has 1 aromatic heterocycles. The number of aromatic carboxylic acids is 1. The largest absolute Gasteiger partial charge is 0.478 e. The molecule has 1 aromatic carbocycles. The number of aromatic nitrogens is 1. The SMILES string of the molecule is CC[C@@H](C)N(Cc1ccncc1)Cc1ccccc1C(=O)O. The Balaban J connectivity index is 2.22. The molecule has 0 saturated heterocycles. The molecule has 0 unspecified atom stereocenters. The van der Waals surface area contributed by atoms with E-state index in [9.17, 15) is 9.90 Å². The van der Waals surface area contributed by atoms with Crippen molar-refractivity contribution < 1.29 is 9.90 Å². The summed E-state index contributed by atoms with van der Waals surface area (Å²) in [7, 11) is 0. The van der Waals surface area contributed by atoms with Gasteiger partial charge in [0.1, 0.15) is 0 Å². The predicted molar refractivity (Wildman–Crippen MR) is 86.6 cm³/mol. The molecule has 1 atom stereocenters. The number of nitrogens with zero attached hydrogens (tertiary/aromatic N) is 2. The molecule has 0 aliphatic rings. The van der Waals surface area contributed by atoms with Crippen LogP contribution in [0.2, 0.25) is 0 Å². The van der Waals surface area contributed by atoms with Gasteiger partial charge in [-0.1, -0.05) is 25.1 Å². The van der Waals surface area contributed by atoms with Crippen molar-refractivity contribution in [2.24, 2.45) is 0 Å². The fourth-order valence-electron chi connectivity index (χ4n) is 2.43. The highest BCUT2D eigenvalue weighted by molar-refractivity contribution is 5.89. The third-order valence-corrected chi connectivity index (χ3v) is 3.97. The molecule has 116 valence electrons. The van der Waals surface area contributed by atoms with E-state index in [2.05, 4.69) is 23.7 Å². The normalized spacial score (nSPS) is 12.3. The molecule has 2 rings (SSSR count). The Kier molecular flexibility index (Phi) is 5.67. The summed E-state index contributed by atoms with van der Waals surface area (Å²) < 4.78 is 0. The van der Waals surface area contributed by atoms with Crippen LogP contribution in [0.3, 0.4) is 0 Å². The average Bonchev–Trinajstić information content (AvgIpc) is 2.54. The third-order valence-electron chi connectivity index (χ3n) is 3.97. The van der Waals surface area contributed by atoms with Crippen molar-refractivity contribution in [1.82, 2.24) is 9.88 Å². The fourth-order valence-corrected chi connectivity index (χ4v) is 2.43. The first-order chi connectivity index (χ1) is 10.6. The number of pyridine rings is 1. The standard InChI is InChI=1S/C18H22N2O2/c1-3-14(2)20(12-15-8-10-19-11-9-15)13-16-6-4-5-7-17(16)18(21)22/h4-11,14H,3,12-13H2,1-2H3,(H,21,22)/t14-/m1/s1. The first-order valence-corrected chi connectivity index (χ1v) is 7.56. The molecular weight excluding hydrogens is 276 g/mol. The quantitative estimate of drug-likeness (QED) is 0.849. The lowest BCUT2D eigenvalue weighted by Crippen LogP contribution is -2.32. The number of carboxylic acids is 1. The molecule has 4 heteroatoms. The minimum atomic E-state index is -0.872. The topological polar surface area (TPSA) is 53.4 Å². The van der Waals surface area contributed by atoms with Crippen molar-refractivity contribution in [3.05, 3.63) is 65.5 Å². The molecule has 2 aromatic rings. The molecule has 0 saturated carbocycles. The second-order valence-corrected chi connectivity index (χ2v) is 5.48. The minimum Gasteiger partial charge on any atom is -0.478 e. The summed E-state index contributed by atoms with van der Waals surface area (Å²) in [5.74, 6) is -0.872. The van der Waals surface area contributed by atoms with E-state index in [-0.39, 0.29) is 0 Å². The van der Waals surface area contributed by atoms with Crippen LogP contribution in [0, 0.1) is 0 Å². The molecule has 22 heavy (non-hydrogen) atoms.